The van der Waals surface area contributed by atoms with Gasteiger partial charge in [0, 0.05) is 32.5 Å². The van der Waals surface area contributed by atoms with Gasteiger partial charge in [0.2, 0.25) is 5.91 Å². The normalized spacial score (nSPS) is 10.6. The number of benzene rings is 1. The number of hydrogen-bond donors (Lipinski definition) is 2. The van der Waals surface area contributed by atoms with Crippen molar-refractivity contribution in [1.29, 1.82) is 0 Å². The van der Waals surface area contributed by atoms with Crippen molar-refractivity contribution >= 4 is 23.6 Å². The predicted octanol–water partition coefficient (Wildman–Crippen LogP) is 0.983. The number of carbonyl (C=O) groups is 2. The molecule has 6 heteroatoms. The van der Waals surface area contributed by atoms with Gasteiger partial charge in [-0.05, 0) is 17.7 Å². The van der Waals surface area contributed by atoms with E-state index >= 15 is 0 Å². The molecule has 1 rings (SSSR count). The molecular weight excluding hydrogens is 272 g/mol. The zero-order valence-corrected chi connectivity index (χ0v) is 12.2. The van der Waals surface area contributed by atoms with E-state index in [1.54, 1.807) is 25.1 Å². The van der Waals surface area contributed by atoms with Gasteiger partial charge in [0.15, 0.2) is 0 Å². The van der Waals surface area contributed by atoms with Crippen LogP contribution in [-0.4, -0.2) is 50.8 Å². The number of para-hydroxylation sites is 1. The summed E-state index contributed by atoms with van der Waals surface area (Å²) in [6, 6.07) is 7.29. The zero-order valence-electron chi connectivity index (χ0n) is 12.2. The van der Waals surface area contributed by atoms with Crippen LogP contribution in [0.4, 0.5) is 5.69 Å². The average molecular weight is 292 g/mol. The summed E-state index contributed by atoms with van der Waals surface area (Å²) in [7, 11) is 3.35. The SMILES string of the molecule is COCCNC(=O)CN(C)c1ccccc1C=CC(=O)O. The molecule has 0 unspecified atom stereocenters. The minimum atomic E-state index is -1.01. The molecule has 2 N–H and O–H groups in total. The second kappa shape index (κ2) is 8.76. The van der Waals surface area contributed by atoms with E-state index < -0.39 is 5.97 Å². The lowest BCUT2D eigenvalue weighted by Crippen LogP contribution is -2.36. The van der Waals surface area contributed by atoms with Gasteiger partial charge in [0.1, 0.15) is 0 Å². The van der Waals surface area contributed by atoms with E-state index in [0.717, 1.165) is 17.3 Å². The van der Waals surface area contributed by atoms with Gasteiger partial charge >= 0.3 is 5.97 Å². The first-order valence-electron chi connectivity index (χ1n) is 6.51. The molecule has 0 fully saturated rings. The maximum Gasteiger partial charge on any atom is 0.328 e. The van der Waals surface area contributed by atoms with Gasteiger partial charge in [-0.25, -0.2) is 4.79 Å². The van der Waals surface area contributed by atoms with Crippen molar-refractivity contribution in [3.63, 3.8) is 0 Å². The van der Waals surface area contributed by atoms with E-state index in [4.69, 9.17) is 9.84 Å². The number of methoxy groups -OCH3 is 1. The number of aliphatic carboxylic acids is 1. The molecule has 1 aromatic carbocycles. The van der Waals surface area contributed by atoms with E-state index in [-0.39, 0.29) is 12.5 Å². The van der Waals surface area contributed by atoms with Crippen molar-refractivity contribution in [3.05, 3.63) is 35.9 Å². The molecule has 0 aliphatic rings. The van der Waals surface area contributed by atoms with Gasteiger partial charge in [-0.3, -0.25) is 4.79 Å². The van der Waals surface area contributed by atoms with Crippen LogP contribution in [0.1, 0.15) is 5.56 Å². The fraction of sp³-hybridized carbons (Fsp3) is 0.333. The van der Waals surface area contributed by atoms with Crippen LogP contribution in [0.15, 0.2) is 30.3 Å². The highest BCUT2D eigenvalue weighted by Gasteiger charge is 2.09. The van der Waals surface area contributed by atoms with Crippen molar-refractivity contribution in [3.8, 4) is 0 Å². The molecule has 0 spiro atoms. The lowest BCUT2D eigenvalue weighted by Gasteiger charge is -2.20. The number of carbonyl (C=O) groups excluding carboxylic acids is 1. The summed E-state index contributed by atoms with van der Waals surface area (Å²) in [6.07, 6.45) is 2.59. The minimum Gasteiger partial charge on any atom is -0.478 e. The molecule has 0 saturated heterocycles. The first-order chi connectivity index (χ1) is 10.0. The third kappa shape index (κ3) is 6.09. The van der Waals surface area contributed by atoms with Gasteiger partial charge in [-0.15, -0.1) is 0 Å². The van der Waals surface area contributed by atoms with E-state index in [1.165, 1.54) is 6.08 Å². The van der Waals surface area contributed by atoms with Crippen LogP contribution < -0.4 is 10.2 Å². The summed E-state index contributed by atoms with van der Waals surface area (Å²) < 4.78 is 4.86. The van der Waals surface area contributed by atoms with E-state index in [9.17, 15) is 9.59 Å². The molecule has 0 bridgehead atoms. The summed E-state index contributed by atoms with van der Waals surface area (Å²) >= 11 is 0. The van der Waals surface area contributed by atoms with Crippen LogP contribution in [0.5, 0.6) is 0 Å². The Morgan fingerprint density at radius 1 is 1.38 bits per heavy atom. The molecule has 1 aromatic rings. The van der Waals surface area contributed by atoms with Gasteiger partial charge in [-0.2, -0.15) is 0 Å². The molecule has 0 saturated carbocycles. The summed E-state index contributed by atoms with van der Waals surface area (Å²) in [5.41, 5.74) is 1.53. The maximum atomic E-state index is 11.8. The lowest BCUT2D eigenvalue weighted by molar-refractivity contribution is -0.131. The molecule has 0 atom stereocenters. The standard InChI is InChI=1S/C15H20N2O4/c1-17(11-14(18)16-9-10-21-2)13-6-4-3-5-12(13)7-8-15(19)20/h3-8H,9-11H2,1-2H3,(H,16,18)(H,19,20). The fourth-order valence-corrected chi connectivity index (χ4v) is 1.79. The van der Waals surface area contributed by atoms with Crippen LogP contribution in [-0.2, 0) is 14.3 Å². The van der Waals surface area contributed by atoms with Gasteiger partial charge in [-0.1, -0.05) is 18.2 Å². The Bertz CT molecular complexity index is 514. The van der Waals surface area contributed by atoms with Crippen molar-refractivity contribution in [1.82, 2.24) is 5.32 Å². The molecule has 0 aliphatic carbocycles. The van der Waals surface area contributed by atoms with E-state index in [1.807, 2.05) is 18.2 Å². The minimum absolute atomic E-state index is 0.119. The lowest BCUT2D eigenvalue weighted by atomic mass is 10.1. The summed E-state index contributed by atoms with van der Waals surface area (Å²) in [5, 5.41) is 11.4. The van der Waals surface area contributed by atoms with Crippen molar-refractivity contribution in [2.24, 2.45) is 0 Å². The predicted molar refractivity (Wildman–Crippen MR) is 81.3 cm³/mol. The Morgan fingerprint density at radius 2 is 2.10 bits per heavy atom. The smallest absolute Gasteiger partial charge is 0.328 e. The number of anilines is 1. The Morgan fingerprint density at radius 3 is 2.76 bits per heavy atom. The first-order valence-corrected chi connectivity index (χ1v) is 6.51. The zero-order chi connectivity index (χ0) is 15.7. The third-order valence-corrected chi connectivity index (χ3v) is 2.76. The van der Waals surface area contributed by atoms with Crippen LogP contribution in [0.2, 0.25) is 0 Å². The number of nitrogens with one attached hydrogen (secondary N) is 1. The number of nitrogens with zero attached hydrogens (tertiary/aromatic N) is 1. The Kier molecular flexibility index (Phi) is 6.97. The average Bonchev–Trinajstić information content (AvgIpc) is 2.45. The van der Waals surface area contributed by atoms with Crippen LogP contribution in [0, 0.1) is 0 Å². The summed E-state index contributed by atoms with van der Waals surface area (Å²) in [6.45, 7) is 1.11. The topological polar surface area (TPSA) is 78.9 Å². The Labute approximate surface area is 124 Å². The van der Waals surface area contributed by atoms with E-state index in [0.29, 0.717) is 13.2 Å². The number of likely N-dealkylation sites (N-methyl/N-ethyl adjacent to an activating group) is 1. The number of rotatable bonds is 8. The quantitative estimate of drug-likeness (QED) is 0.551. The summed E-state index contributed by atoms with van der Waals surface area (Å²) in [4.78, 5) is 24.1. The second-order valence-electron chi connectivity index (χ2n) is 4.43. The molecule has 0 aromatic heterocycles. The largest absolute Gasteiger partial charge is 0.478 e. The number of amides is 1. The molecular formula is C15H20N2O4. The monoisotopic (exact) mass is 292 g/mol. The van der Waals surface area contributed by atoms with Crippen LogP contribution in [0.25, 0.3) is 6.08 Å². The Balaban J connectivity index is 2.71. The molecule has 0 heterocycles. The third-order valence-electron chi connectivity index (χ3n) is 2.76. The molecule has 0 radical (unpaired) electrons. The number of ether oxygens (including phenoxy) is 1. The van der Waals surface area contributed by atoms with Crippen molar-refractivity contribution < 1.29 is 19.4 Å². The highest BCUT2D eigenvalue weighted by molar-refractivity contribution is 5.88. The first kappa shape index (κ1) is 16.7. The second-order valence-corrected chi connectivity index (χ2v) is 4.43. The number of hydrogen-bond acceptors (Lipinski definition) is 4. The Hall–Kier alpha value is -2.34. The number of carboxylic acid groups (broad SMARTS) is 1. The fourth-order valence-electron chi connectivity index (χ4n) is 1.79. The molecule has 21 heavy (non-hydrogen) atoms. The summed E-state index contributed by atoms with van der Waals surface area (Å²) in [5.74, 6) is -1.13. The molecule has 0 aliphatic heterocycles. The molecule has 6 nitrogen and oxygen atoms in total. The van der Waals surface area contributed by atoms with Gasteiger partial charge in [0.25, 0.3) is 0 Å². The highest BCUT2D eigenvalue weighted by Crippen LogP contribution is 2.20. The van der Waals surface area contributed by atoms with Crippen molar-refractivity contribution in [2.45, 2.75) is 0 Å². The van der Waals surface area contributed by atoms with Gasteiger partial charge in [0.05, 0.1) is 13.2 Å². The maximum absolute atomic E-state index is 11.8. The van der Waals surface area contributed by atoms with Crippen LogP contribution in [0.3, 0.4) is 0 Å². The van der Waals surface area contributed by atoms with E-state index in [2.05, 4.69) is 5.32 Å². The number of carboxylic acids is 1. The van der Waals surface area contributed by atoms with Gasteiger partial charge < -0.3 is 20.1 Å². The van der Waals surface area contributed by atoms with Crippen molar-refractivity contribution in [2.75, 3.05) is 38.8 Å². The molecule has 1 amide bonds. The molecule has 114 valence electrons. The van der Waals surface area contributed by atoms with Crippen LogP contribution >= 0.6 is 0 Å². The highest BCUT2D eigenvalue weighted by atomic mass is 16.5.